The third-order valence-corrected chi connectivity index (χ3v) is 1.67. The summed E-state index contributed by atoms with van der Waals surface area (Å²) in [6.07, 6.45) is 2.93. The Kier molecular flexibility index (Phi) is 1.89. The molecule has 0 saturated carbocycles. The van der Waals surface area contributed by atoms with Crippen LogP contribution in [0.5, 0.6) is 0 Å². The molecule has 1 radical (unpaired) electrons. The number of carbonyl (C=O) groups excluding carboxylic acids is 1. The van der Waals surface area contributed by atoms with Gasteiger partial charge in [0.2, 0.25) is 5.78 Å². The molecule has 11 heavy (non-hydrogen) atoms. The van der Waals surface area contributed by atoms with Crippen molar-refractivity contribution >= 4 is 11.5 Å². The van der Waals surface area contributed by atoms with E-state index in [4.69, 9.17) is 0 Å². The van der Waals surface area contributed by atoms with Crippen LogP contribution in [0.3, 0.4) is 0 Å². The average molecular weight is 150 g/mol. The Hall–Kier alpha value is -1.38. The van der Waals surface area contributed by atoms with Crippen LogP contribution in [0.4, 0.5) is 0 Å². The molecule has 1 aliphatic carbocycles. The predicted molar refractivity (Wildman–Crippen MR) is 40.6 cm³/mol. The lowest BCUT2D eigenvalue weighted by Crippen LogP contribution is -2.13. The molecule has 0 atom stereocenters. The fourth-order valence-corrected chi connectivity index (χ4v) is 0.846. The Morgan fingerprint density at radius 1 is 1.18 bits per heavy atom. The lowest BCUT2D eigenvalue weighted by Gasteiger charge is -2.06. The summed E-state index contributed by atoms with van der Waals surface area (Å²) in [6.45, 7) is 3.66. The first-order valence-electron chi connectivity index (χ1n) is 3.27. The molecule has 0 aromatic carbocycles. The van der Waals surface area contributed by atoms with E-state index < -0.39 is 0 Å². The topological polar surface area (TPSA) is 49.3 Å². The summed E-state index contributed by atoms with van der Waals surface area (Å²) in [4.78, 5) is 10.9. The van der Waals surface area contributed by atoms with Crippen LogP contribution in [-0.4, -0.2) is 11.5 Å². The molecule has 0 spiro atoms. The fraction of sp³-hybridized carbons (Fsp3) is 0.250. The Morgan fingerprint density at radius 3 is 2.27 bits per heavy atom. The van der Waals surface area contributed by atoms with Gasteiger partial charge in [-0.05, 0) is 42.3 Å². The second-order valence-electron chi connectivity index (χ2n) is 2.50. The highest BCUT2D eigenvalue weighted by atomic mass is 16.4. The Balaban J connectivity index is 3.08. The SMILES string of the molecule is CC1=CC(=O)C(=N[O])C=C1C. The molecule has 0 N–H and O–H groups in total. The molecule has 57 valence electrons. The molecule has 0 unspecified atom stereocenters. The molecule has 0 aromatic rings. The minimum atomic E-state index is -0.303. The lowest BCUT2D eigenvalue weighted by atomic mass is 9.99. The van der Waals surface area contributed by atoms with E-state index in [2.05, 4.69) is 5.16 Å². The van der Waals surface area contributed by atoms with E-state index >= 15 is 0 Å². The van der Waals surface area contributed by atoms with Crippen molar-refractivity contribution in [1.82, 2.24) is 0 Å². The molecular formula is C8H8NO2. The second kappa shape index (κ2) is 2.70. The summed E-state index contributed by atoms with van der Waals surface area (Å²) in [5.74, 6) is -0.303. The number of hydrogen-bond acceptors (Lipinski definition) is 2. The third-order valence-electron chi connectivity index (χ3n) is 1.67. The van der Waals surface area contributed by atoms with Crippen molar-refractivity contribution in [2.75, 3.05) is 0 Å². The zero-order valence-electron chi connectivity index (χ0n) is 6.42. The molecule has 0 fully saturated rings. The van der Waals surface area contributed by atoms with Gasteiger partial charge < -0.3 is 0 Å². The van der Waals surface area contributed by atoms with E-state index in [0.29, 0.717) is 0 Å². The Labute approximate surface area is 64.7 Å². The van der Waals surface area contributed by atoms with E-state index in [0.717, 1.165) is 11.1 Å². The highest BCUT2D eigenvalue weighted by Crippen LogP contribution is 2.13. The maximum atomic E-state index is 10.9. The van der Waals surface area contributed by atoms with Gasteiger partial charge in [0.05, 0.1) is 0 Å². The normalized spacial score (nSPS) is 21.6. The molecule has 3 nitrogen and oxygen atoms in total. The lowest BCUT2D eigenvalue weighted by molar-refractivity contribution is -0.109. The molecule has 0 aromatic heterocycles. The number of allylic oxidation sites excluding steroid dienone is 4. The van der Waals surface area contributed by atoms with Crippen LogP contribution in [0.1, 0.15) is 13.8 Å². The summed E-state index contributed by atoms with van der Waals surface area (Å²) >= 11 is 0. The Morgan fingerprint density at radius 2 is 1.73 bits per heavy atom. The predicted octanol–water partition coefficient (Wildman–Crippen LogP) is 1.25. The summed E-state index contributed by atoms with van der Waals surface area (Å²) in [5, 5.41) is 12.7. The molecular weight excluding hydrogens is 142 g/mol. The average Bonchev–Trinajstić information content (AvgIpc) is 1.97. The molecule has 0 aliphatic heterocycles. The maximum absolute atomic E-state index is 10.9. The monoisotopic (exact) mass is 150 g/mol. The summed E-state index contributed by atoms with van der Waals surface area (Å²) in [6, 6.07) is 0. The van der Waals surface area contributed by atoms with E-state index in [1.165, 1.54) is 12.2 Å². The third kappa shape index (κ3) is 1.37. The van der Waals surface area contributed by atoms with E-state index in [9.17, 15) is 10.0 Å². The van der Waals surface area contributed by atoms with Gasteiger partial charge in [0, 0.05) is 0 Å². The van der Waals surface area contributed by atoms with Gasteiger partial charge in [-0.15, -0.1) is 5.21 Å². The minimum Gasteiger partial charge on any atom is -0.287 e. The molecule has 0 bridgehead atoms. The van der Waals surface area contributed by atoms with Crippen molar-refractivity contribution in [3.8, 4) is 0 Å². The minimum absolute atomic E-state index is 0.00639. The highest BCUT2D eigenvalue weighted by molar-refractivity contribution is 6.49. The van der Waals surface area contributed by atoms with Crippen molar-refractivity contribution < 1.29 is 10.0 Å². The van der Waals surface area contributed by atoms with Gasteiger partial charge in [0.25, 0.3) is 0 Å². The second-order valence-corrected chi connectivity index (χ2v) is 2.50. The standard InChI is InChI=1S/C8H8NO2/c1-5-3-7(9-11)8(10)4-6(5)2/h3-4H,1-2H3. The van der Waals surface area contributed by atoms with Crippen LogP contribution in [0.15, 0.2) is 28.5 Å². The summed E-state index contributed by atoms with van der Waals surface area (Å²) < 4.78 is 0. The summed E-state index contributed by atoms with van der Waals surface area (Å²) in [5.41, 5.74) is 1.80. The molecule has 0 saturated heterocycles. The van der Waals surface area contributed by atoms with Crippen LogP contribution >= 0.6 is 0 Å². The molecule has 0 heterocycles. The van der Waals surface area contributed by atoms with Crippen LogP contribution in [0, 0.1) is 0 Å². The first-order valence-corrected chi connectivity index (χ1v) is 3.27. The van der Waals surface area contributed by atoms with Crippen molar-refractivity contribution in [3.05, 3.63) is 23.3 Å². The number of carbonyl (C=O) groups is 1. The first kappa shape index (κ1) is 7.72. The number of rotatable bonds is 0. The quantitative estimate of drug-likeness (QED) is 0.378. The van der Waals surface area contributed by atoms with Gasteiger partial charge in [-0.1, -0.05) is 0 Å². The van der Waals surface area contributed by atoms with E-state index in [1.54, 1.807) is 0 Å². The number of nitrogens with zero attached hydrogens (tertiary/aromatic N) is 1. The number of ketones is 1. The smallest absolute Gasteiger partial charge is 0.208 e. The van der Waals surface area contributed by atoms with Gasteiger partial charge in [0.1, 0.15) is 0 Å². The molecule has 0 amide bonds. The molecule has 3 heteroatoms. The number of hydrogen-bond donors (Lipinski definition) is 0. The molecule has 1 aliphatic rings. The largest absolute Gasteiger partial charge is 0.287 e. The Bertz CT molecular complexity index is 284. The summed E-state index contributed by atoms with van der Waals surface area (Å²) in [7, 11) is 0. The zero-order chi connectivity index (χ0) is 8.43. The van der Waals surface area contributed by atoms with Crippen molar-refractivity contribution in [2.45, 2.75) is 13.8 Å². The van der Waals surface area contributed by atoms with Crippen LogP contribution < -0.4 is 0 Å². The van der Waals surface area contributed by atoms with E-state index in [1.807, 2.05) is 13.8 Å². The fourth-order valence-electron chi connectivity index (χ4n) is 0.846. The van der Waals surface area contributed by atoms with Crippen LogP contribution in [0.25, 0.3) is 0 Å². The first-order chi connectivity index (χ1) is 5.15. The molecule has 1 rings (SSSR count). The maximum Gasteiger partial charge on any atom is 0.208 e. The van der Waals surface area contributed by atoms with Crippen LogP contribution in [0.2, 0.25) is 0 Å². The highest BCUT2D eigenvalue weighted by Gasteiger charge is 2.13. The van der Waals surface area contributed by atoms with Crippen molar-refractivity contribution in [2.24, 2.45) is 5.16 Å². The van der Waals surface area contributed by atoms with Gasteiger partial charge >= 0.3 is 0 Å². The van der Waals surface area contributed by atoms with Crippen molar-refractivity contribution in [3.63, 3.8) is 0 Å². The van der Waals surface area contributed by atoms with Crippen LogP contribution in [-0.2, 0) is 10.0 Å². The van der Waals surface area contributed by atoms with Crippen molar-refractivity contribution in [1.29, 1.82) is 0 Å². The van der Waals surface area contributed by atoms with Gasteiger partial charge in [0.15, 0.2) is 5.71 Å². The van der Waals surface area contributed by atoms with Gasteiger partial charge in [-0.2, -0.15) is 0 Å². The zero-order valence-corrected chi connectivity index (χ0v) is 6.42. The van der Waals surface area contributed by atoms with Gasteiger partial charge in [-0.3, -0.25) is 4.79 Å². The van der Waals surface area contributed by atoms with Gasteiger partial charge in [-0.25, -0.2) is 0 Å². The van der Waals surface area contributed by atoms with E-state index in [-0.39, 0.29) is 11.5 Å².